The molecular formula is C15H31N. The second kappa shape index (κ2) is 6.05. The van der Waals surface area contributed by atoms with Crippen molar-refractivity contribution >= 4 is 0 Å². The average molecular weight is 225 g/mol. The van der Waals surface area contributed by atoms with Crippen LogP contribution < -0.4 is 5.73 Å². The quantitative estimate of drug-likeness (QED) is 0.739. The van der Waals surface area contributed by atoms with Gasteiger partial charge in [-0.3, -0.25) is 0 Å². The van der Waals surface area contributed by atoms with Crippen LogP contribution in [0.3, 0.4) is 0 Å². The third-order valence-corrected chi connectivity index (χ3v) is 5.02. The second-order valence-electron chi connectivity index (χ2n) is 6.41. The summed E-state index contributed by atoms with van der Waals surface area (Å²) >= 11 is 0. The molecule has 1 saturated carbocycles. The third kappa shape index (κ3) is 3.48. The van der Waals surface area contributed by atoms with E-state index in [9.17, 15) is 0 Å². The van der Waals surface area contributed by atoms with Gasteiger partial charge in [-0.05, 0) is 49.4 Å². The lowest BCUT2D eigenvalue weighted by molar-refractivity contribution is 0.118. The van der Waals surface area contributed by atoms with Gasteiger partial charge in [-0.15, -0.1) is 0 Å². The molecule has 1 nitrogen and oxygen atoms in total. The SMILES string of the molecule is CCCC(N)C1CCC(C(C)(C)CC)CC1. The van der Waals surface area contributed by atoms with E-state index in [2.05, 4.69) is 27.7 Å². The van der Waals surface area contributed by atoms with Gasteiger partial charge in [0.2, 0.25) is 0 Å². The van der Waals surface area contributed by atoms with E-state index in [1.54, 1.807) is 0 Å². The van der Waals surface area contributed by atoms with Crippen molar-refractivity contribution in [3.05, 3.63) is 0 Å². The molecule has 16 heavy (non-hydrogen) atoms. The van der Waals surface area contributed by atoms with Crippen LogP contribution in [0, 0.1) is 17.3 Å². The van der Waals surface area contributed by atoms with Crippen LogP contribution in [0.4, 0.5) is 0 Å². The Balaban J connectivity index is 2.39. The van der Waals surface area contributed by atoms with Crippen LogP contribution in [0.15, 0.2) is 0 Å². The minimum Gasteiger partial charge on any atom is -0.327 e. The molecule has 0 radical (unpaired) electrons. The van der Waals surface area contributed by atoms with Crippen LogP contribution in [-0.4, -0.2) is 6.04 Å². The van der Waals surface area contributed by atoms with E-state index in [4.69, 9.17) is 5.73 Å². The largest absolute Gasteiger partial charge is 0.327 e. The van der Waals surface area contributed by atoms with Gasteiger partial charge < -0.3 is 5.73 Å². The average Bonchev–Trinajstić information content (AvgIpc) is 2.29. The Bertz CT molecular complexity index is 190. The summed E-state index contributed by atoms with van der Waals surface area (Å²) in [5.74, 6) is 1.74. The molecule has 1 aliphatic carbocycles. The fraction of sp³-hybridized carbons (Fsp3) is 1.00. The fourth-order valence-corrected chi connectivity index (χ4v) is 3.19. The molecule has 0 aliphatic heterocycles. The highest BCUT2D eigenvalue weighted by Gasteiger charge is 2.33. The molecule has 0 spiro atoms. The van der Waals surface area contributed by atoms with Gasteiger partial charge in [0.05, 0.1) is 0 Å². The third-order valence-electron chi connectivity index (χ3n) is 5.02. The summed E-state index contributed by atoms with van der Waals surface area (Å²) in [6.07, 6.45) is 9.31. The molecule has 0 amide bonds. The lowest BCUT2D eigenvalue weighted by atomic mass is 9.66. The molecule has 2 N–H and O–H groups in total. The van der Waals surface area contributed by atoms with Crippen LogP contribution in [0.5, 0.6) is 0 Å². The van der Waals surface area contributed by atoms with Gasteiger partial charge in [0.25, 0.3) is 0 Å². The van der Waals surface area contributed by atoms with E-state index < -0.39 is 0 Å². The van der Waals surface area contributed by atoms with Crippen molar-refractivity contribution < 1.29 is 0 Å². The first-order valence-corrected chi connectivity index (χ1v) is 7.26. The monoisotopic (exact) mass is 225 g/mol. The molecule has 0 heterocycles. The second-order valence-corrected chi connectivity index (χ2v) is 6.41. The maximum Gasteiger partial charge on any atom is 0.00670 e. The molecule has 0 aromatic carbocycles. The number of hydrogen-bond acceptors (Lipinski definition) is 1. The van der Waals surface area contributed by atoms with Gasteiger partial charge >= 0.3 is 0 Å². The van der Waals surface area contributed by atoms with E-state index in [-0.39, 0.29) is 0 Å². The van der Waals surface area contributed by atoms with Crippen molar-refractivity contribution in [3.63, 3.8) is 0 Å². The number of hydrogen-bond donors (Lipinski definition) is 1. The molecular weight excluding hydrogens is 194 g/mol. The lowest BCUT2D eigenvalue weighted by Gasteiger charge is -2.40. The first-order valence-electron chi connectivity index (χ1n) is 7.26. The molecule has 0 aromatic heterocycles. The zero-order chi connectivity index (χ0) is 12.2. The first kappa shape index (κ1) is 14.0. The van der Waals surface area contributed by atoms with Crippen LogP contribution >= 0.6 is 0 Å². The molecule has 1 unspecified atom stereocenters. The van der Waals surface area contributed by atoms with Gasteiger partial charge in [0.1, 0.15) is 0 Å². The van der Waals surface area contributed by atoms with E-state index in [1.807, 2.05) is 0 Å². The van der Waals surface area contributed by atoms with E-state index in [1.165, 1.54) is 44.9 Å². The molecule has 1 heteroatoms. The van der Waals surface area contributed by atoms with Crippen molar-refractivity contribution in [2.24, 2.45) is 23.0 Å². The van der Waals surface area contributed by atoms with Crippen LogP contribution in [0.1, 0.15) is 72.6 Å². The highest BCUT2D eigenvalue weighted by atomic mass is 14.6. The molecule has 0 saturated heterocycles. The Morgan fingerprint density at radius 1 is 1.12 bits per heavy atom. The van der Waals surface area contributed by atoms with E-state index in [0.717, 1.165) is 11.8 Å². The Morgan fingerprint density at radius 3 is 2.12 bits per heavy atom. The highest BCUT2D eigenvalue weighted by molar-refractivity contribution is 4.85. The molecule has 1 fully saturated rings. The summed E-state index contributed by atoms with van der Waals surface area (Å²) < 4.78 is 0. The van der Waals surface area contributed by atoms with Gasteiger partial charge in [-0.2, -0.15) is 0 Å². The summed E-state index contributed by atoms with van der Waals surface area (Å²) in [6.45, 7) is 9.44. The van der Waals surface area contributed by atoms with Crippen LogP contribution in [0.25, 0.3) is 0 Å². The smallest absolute Gasteiger partial charge is 0.00670 e. The fourth-order valence-electron chi connectivity index (χ4n) is 3.19. The normalized spacial score (nSPS) is 29.1. The maximum atomic E-state index is 6.25. The minimum atomic E-state index is 0.468. The standard InChI is InChI=1S/C15H31N/c1-5-7-14(16)12-8-10-13(11-9-12)15(3,4)6-2/h12-14H,5-11,16H2,1-4H3. The van der Waals surface area contributed by atoms with Crippen molar-refractivity contribution in [3.8, 4) is 0 Å². The van der Waals surface area contributed by atoms with E-state index >= 15 is 0 Å². The Labute approximate surface area is 102 Å². The first-order chi connectivity index (χ1) is 7.51. The van der Waals surface area contributed by atoms with Gasteiger partial charge in [-0.1, -0.05) is 40.5 Å². The van der Waals surface area contributed by atoms with Crippen molar-refractivity contribution in [1.29, 1.82) is 0 Å². The predicted octanol–water partition coefficient (Wildman–Crippen LogP) is 4.36. The van der Waals surface area contributed by atoms with Crippen LogP contribution in [0.2, 0.25) is 0 Å². The van der Waals surface area contributed by atoms with Gasteiger partial charge in [-0.25, -0.2) is 0 Å². The van der Waals surface area contributed by atoms with Gasteiger partial charge in [0.15, 0.2) is 0 Å². The summed E-state index contributed by atoms with van der Waals surface area (Å²) in [7, 11) is 0. The minimum absolute atomic E-state index is 0.468. The summed E-state index contributed by atoms with van der Waals surface area (Å²) in [6, 6.07) is 0.468. The predicted molar refractivity (Wildman–Crippen MR) is 72.4 cm³/mol. The molecule has 1 aliphatic rings. The molecule has 0 bridgehead atoms. The molecule has 0 aromatic rings. The van der Waals surface area contributed by atoms with Crippen molar-refractivity contribution in [2.45, 2.75) is 78.7 Å². The Hall–Kier alpha value is -0.0400. The zero-order valence-corrected chi connectivity index (χ0v) is 11.8. The lowest BCUT2D eigenvalue weighted by Crippen LogP contribution is -2.35. The number of nitrogens with two attached hydrogens (primary N) is 1. The topological polar surface area (TPSA) is 26.0 Å². The van der Waals surface area contributed by atoms with Crippen molar-refractivity contribution in [1.82, 2.24) is 0 Å². The van der Waals surface area contributed by atoms with Crippen molar-refractivity contribution in [2.75, 3.05) is 0 Å². The molecule has 1 rings (SSSR count). The maximum absolute atomic E-state index is 6.25. The molecule has 1 atom stereocenters. The Morgan fingerprint density at radius 2 is 1.69 bits per heavy atom. The van der Waals surface area contributed by atoms with Crippen LogP contribution in [-0.2, 0) is 0 Å². The summed E-state index contributed by atoms with van der Waals surface area (Å²) in [5.41, 5.74) is 6.79. The van der Waals surface area contributed by atoms with E-state index in [0.29, 0.717) is 11.5 Å². The number of rotatable bonds is 5. The Kier molecular flexibility index (Phi) is 5.30. The summed E-state index contributed by atoms with van der Waals surface area (Å²) in [4.78, 5) is 0. The highest BCUT2D eigenvalue weighted by Crippen LogP contribution is 2.42. The van der Waals surface area contributed by atoms with Gasteiger partial charge in [0, 0.05) is 6.04 Å². The summed E-state index contributed by atoms with van der Waals surface area (Å²) in [5, 5.41) is 0. The molecule has 96 valence electrons. The zero-order valence-electron chi connectivity index (χ0n) is 11.8.